The van der Waals surface area contributed by atoms with Crippen LogP contribution in [0.2, 0.25) is 0 Å². The molecule has 1 atom stereocenters. The predicted molar refractivity (Wildman–Crippen MR) is 109 cm³/mol. The van der Waals surface area contributed by atoms with E-state index in [0.29, 0.717) is 0 Å². The van der Waals surface area contributed by atoms with Gasteiger partial charge in [0.15, 0.2) is 5.78 Å². The summed E-state index contributed by atoms with van der Waals surface area (Å²) in [5.41, 5.74) is 3.96. The van der Waals surface area contributed by atoms with E-state index in [1.165, 1.54) is 5.69 Å². The maximum absolute atomic E-state index is 13.3. The fourth-order valence-corrected chi connectivity index (χ4v) is 3.61. The maximum atomic E-state index is 13.3. The van der Waals surface area contributed by atoms with E-state index >= 15 is 0 Å². The highest BCUT2D eigenvalue weighted by molar-refractivity contribution is 6.03. The van der Waals surface area contributed by atoms with Crippen molar-refractivity contribution in [2.45, 2.75) is 5.92 Å². The molecule has 4 rings (SSSR count). The van der Waals surface area contributed by atoms with Crippen LogP contribution in [-0.2, 0) is 4.74 Å². The molecule has 3 heteroatoms. The first-order valence-corrected chi connectivity index (χ1v) is 9.40. The first-order chi connectivity index (χ1) is 13.3. The quantitative estimate of drug-likeness (QED) is 0.628. The van der Waals surface area contributed by atoms with Gasteiger partial charge in [-0.25, -0.2) is 0 Å². The van der Waals surface area contributed by atoms with Crippen LogP contribution in [0.25, 0.3) is 0 Å². The number of ether oxygens (including phenoxy) is 1. The highest BCUT2D eigenvalue weighted by Crippen LogP contribution is 2.30. The number of hydrogen-bond acceptors (Lipinski definition) is 3. The minimum Gasteiger partial charge on any atom is -0.378 e. The van der Waals surface area contributed by atoms with Crippen LogP contribution in [0.1, 0.15) is 27.4 Å². The summed E-state index contributed by atoms with van der Waals surface area (Å²) in [5.74, 6) is -0.173. The molecule has 3 aromatic carbocycles. The van der Waals surface area contributed by atoms with Crippen molar-refractivity contribution in [3.8, 4) is 0 Å². The lowest BCUT2D eigenvalue weighted by molar-refractivity contribution is 0.0974. The van der Waals surface area contributed by atoms with Gasteiger partial charge < -0.3 is 9.64 Å². The van der Waals surface area contributed by atoms with Gasteiger partial charge in [-0.05, 0) is 23.3 Å². The average molecular weight is 357 g/mol. The number of nitrogens with zero attached hydrogens (tertiary/aromatic N) is 1. The minimum absolute atomic E-state index is 0.126. The van der Waals surface area contributed by atoms with Crippen LogP contribution < -0.4 is 4.90 Å². The monoisotopic (exact) mass is 357 g/mol. The summed E-state index contributed by atoms with van der Waals surface area (Å²) in [5, 5.41) is 0. The van der Waals surface area contributed by atoms with Crippen molar-refractivity contribution in [3.05, 3.63) is 102 Å². The first kappa shape index (κ1) is 17.5. The standard InChI is InChI=1S/C24H23NO2/c26-24(21-9-5-2-6-10-21)23(19-7-3-1-4-8-19)20-11-13-22(14-12-20)25-15-17-27-18-16-25/h1-14,23H,15-18H2. The summed E-state index contributed by atoms with van der Waals surface area (Å²) in [6.07, 6.45) is 0. The molecule has 1 aliphatic rings. The highest BCUT2D eigenvalue weighted by atomic mass is 16.5. The summed E-state index contributed by atoms with van der Waals surface area (Å²) in [4.78, 5) is 15.6. The summed E-state index contributed by atoms with van der Waals surface area (Å²) < 4.78 is 5.44. The van der Waals surface area contributed by atoms with Gasteiger partial charge in [-0.3, -0.25) is 4.79 Å². The van der Waals surface area contributed by atoms with E-state index in [9.17, 15) is 4.79 Å². The lowest BCUT2D eigenvalue weighted by Gasteiger charge is -2.29. The lowest BCUT2D eigenvalue weighted by Crippen LogP contribution is -2.36. The van der Waals surface area contributed by atoms with Gasteiger partial charge in [0.1, 0.15) is 0 Å². The average Bonchev–Trinajstić information content (AvgIpc) is 2.76. The van der Waals surface area contributed by atoms with Crippen LogP contribution in [-0.4, -0.2) is 32.1 Å². The molecular formula is C24H23NO2. The van der Waals surface area contributed by atoms with Gasteiger partial charge >= 0.3 is 0 Å². The molecule has 0 spiro atoms. The number of carbonyl (C=O) groups excluding carboxylic acids is 1. The number of morpholine rings is 1. The number of carbonyl (C=O) groups is 1. The molecule has 3 aromatic rings. The number of hydrogen-bond donors (Lipinski definition) is 0. The lowest BCUT2D eigenvalue weighted by atomic mass is 9.85. The Morgan fingerprint density at radius 2 is 1.30 bits per heavy atom. The molecule has 27 heavy (non-hydrogen) atoms. The van der Waals surface area contributed by atoms with Gasteiger partial charge in [0.05, 0.1) is 19.1 Å². The molecule has 0 radical (unpaired) electrons. The van der Waals surface area contributed by atoms with Gasteiger partial charge in [0, 0.05) is 24.3 Å². The third kappa shape index (κ3) is 3.93. The Labute approximate surface area is 160 Å². The van der Waals surface area contributed by atoms with Gasteiger partial charge in [0.2, 0.25) is 0 Å². The molecule has 1 unspecified atom stereocenters. The van der Waals surface area contributed by atoms with Crippen LogP contribution in [0.4, 0.5) is 5.69 Å². The largest absolute Gasteiger partial charge is 0.378 e. The summed E-state index contributed by atoms with van der Waals surface area (Å²) >= 11 is 0. The zero-order valence-electron chi connectivity index (χ0n) is 15.3. The number of ketones is 1. The van der Waals surface area contributed by atoms with E-state index in [1.807, 2.05) is 60.7 Å². The minimum atomic E-state index is -0.299. The summed E-state index contributed by atoms with van der Waals surface area (Å²) in [6.45, 7) is 3.34. The Morgan fingerprint density at radius 1 is 0.741 bits per heavy atom. The molecule has 0 saturated carbocycles. The molecule has 1 heterocycles. The molecular weight excluding hydrogens is 334 g/mol. The SMILES string of the molecule is O=C(c1ccccc1)C(c1ccccc1)c1ccc(N2CCOCC2)cc1. The molecule has 0 aliphatic carbocycles. The van der Waals surface area contributed by atoms with Crippen molar-refractivity contribution in [2.75, 3.05) is 31.2 Å². The molecule has 1 saturated heterocycles. The van der Waals surface area contributed by atoms with Crippen molar-refractivity contribution in [1.82, 2.24) is 0 Å². The van der Waals surface area contributed by atoms with Crippen LogP contribution in [0.5, 0.6) is 0 Å². The number of Topliss-reactive ketones (excluding diaryl/α,β-unsaturated/α-hetero) is 1. The van der Waals surface area contributed by atoms with E-state index in [2.05, 4.69) is 29.2 Å². The van der Waals surface area contributed by atoms with Gasteiger partial charge in [-0.15, -0.1) is 0 Å². The smallest absolute Gasteiger partial charge is 0.174 e. The fraction of sp³-hybridized carbons (Fsp3) is 0.208. The van der Waals surface area contributed by atoms with Gasteiger partial charge in [-0.1, -0.05) is 72.8 Å². The number of benzene rings is 3. The fourth-order valence-electron chi connectivity index (χ4n) is 3.61. The van der Waals surface area contributed by atoms with Crippen molar-refractivity contribution < 1.29 is 9.53 Å². The Morgan fingerprint density at radius 3 is 1.93 bits per heavy atom. The zero-order chi connectivity index (χ0) is 18.5. The zero-order valence-corrected chi connectivity index (χ0v) is 15.3. The summed E-state index contributed by atoms with van der Waals surface area (Å²) in [7, 11) is 0. The van der Waals surface area contributed by atoms with E-state index in [-0.39, 0.29) is 11.7 Å². The molecule has 0 N–H and O–H groups in total. The van der Waals surface area contributed by atoms with Crippen molar-refractivity contribution in [2.24, 2.45) is 0 Å². The maximum Gasteiger partial charge on any atom is 0.174 e. The molecule has 0 aromatic heterocycles. The normalized spacial score (nSPS) is 15.3. The van der Waals surface area contributed by atoms with Crippen molar-refractivity contribution in [3.63, 3.8) is 0 Å². The van der Waals surface area contributed by atoms with E-state index in [0.717, 1.165) is 43.0 Å². The van der Waals surface area contributed by atoms with Crippen molar-refractivity contribution in [1.29, 1.82) is 0 Å². The Hall–Kier alpha value is -2.91. The topological polar surface area (TPSA) is 29.5 Å². The molecule has 1 aliphatic heterocycles. The Bertz CT molecular complexity index is 869. The second-order valence-corrected chi connectivity index (χ2v) is 6.76. The van der Waals surface area contributed by atoms with Gasteiger partial charge in [0.25, 0.3) is 0 Å². The van der Waals surface area contributed by atoms with Crippen LogP contribution >= 0.6 is 0 Å². The molecule has 1 fully saturated rings. The Balaban J connectivity index is 1.67. The highest BCUT2D eigenvalue weighted by Gasteiger charge is 2.24. The third-order valence-electron chi connectivity index (χ3n) is 5.06. The summed E-state index contributed by atoms with van der Waals surface area (Å²) in [6, 6.07) is 28.0. The first-order valence-electron chi connectivity index (χ1n) is 9.40. The predicted octanol–water partition coefficient (Wildman–Crippen LogP) is 4.54. The second kappa shape index (κ2) is 8.19. The van der Waals surface area contributed by atoms with Crippen LogP contribution in [0.3, 0.4) is 0 Å². The van der Waals surface area contributed by atoms with Crippen LogP contribution in [0.15, 0.2) is 84.9 Å². The molecule has 0 bridgehead atoms. The third-order valence-corrected chi connectivity index (χ3v) is 5.06. The van der Waals surface area contributed by atoms with Gasteiger partial charge in [-0.2, -0.15) is 0 Å². The van der Waals surface area contributed by atoms with Crippen molar-refractivity contribution >= 4 is 11.5 Å². The Kier molecular flexibility index (Phi) is 5.31. The molecule has 136 valence electrons. The number of anilines is 1. The van der Waals surface area contributed by atoms with E-state index in [4.69, 9.17) is 4.74 Å². The molecule has 3 nitrogen and oxygen atoms in total. The van der Waals surface area contributed by atoms with E-state index < -0.39 is 0 Å². The molecule has 0 amide bonds. The van der Waals surface area contributed by atoms with Crippen LogP contribution in [0, 0.1) is 0 Å². The second-order valence-electron chi connectivity index (χ2n) is 6.76. The van der Waals surface area contributed by atoms with E-state index in [1.54, 1.807) is 0 Å². The number of rotatable bonds is 5.